The zero-order valence-corrected chi connectivity index (χ0v) is 9.39. The molecule has 0 aliphatic carbocycles. The van der Waals surface area contributed by atoms with Crippen LogP contribution in [-0.2, 0) is 0 Å². The highest BCUT2D eigenvalue weighted by Gasteiger charge is 1.93. The Morgan fingerprint density at radius 3 is 2.88 bits per heavy atom. The van der Waals surface area contributed by atoms with Gasteiger partial charge in [-0.25, -0.2) is 0 Å². The third-order valence-corrected chi connectivity index (χ3v) is 2.14. The van der Waals surface area contributed by atoms with E-state index in [1.165, 1.54) is 0 Å². The average molecular weight is 221 g/mol. The van der Waals surface area contributed by atoms with Crippen LogP contribution >= 0.6 is 0 Å². The second kappa shape index (κ2) is 7.84. The van der Waals surface area contributed by atoms with E-state index in [1.54, 1.807) is 18.3 Å². The predicted molar refractivity (Wildman–Crippen MR) is 67.1 cm³/mol. The summed E-state index contributed by atoms with van der Waals surface area (Å²) < 4.78 is 0. The molecule has 1 rings (SSSR count). The number of hydrogen-bond acceptors (Lipinski definition) is 4. The first-order chi connectivity index (χ1) is 7.84. The van der Waals surface area contributed by atoms with Crippen LogP contribution in [0.1, 0.15) is 12.0 Å². The minimum Gasteiger partial charge on any atom is -0.507 e. The molecule has 0 spiro atoms. The van der Waals surface area contributed by atoms with Gasteiger partial charge in [0.2, 0.25) is 0 Å². The third kappa shape index (κ3) is 4.91. The molecule has 88 valence electrons. The lowest BCUT2D eigenvalue weighted by Gasteiger charge is -2.00. The van der Waals surface area contributed by atoms with E-state index in [0.29, 0.717) is 13.1 Å². The monoisotopic (exact) mass is 221 g/mol. The Bertz CT molecular complexity index is 326. The van der Waals surface area contributed by atoms with E-state index in [-0.39, 0.29) is 5.75 Å². The fraction of sp³-hybridized carbons (Fsp3) is 0.417. The molecular formula is C12H19N3O. The molecule has 16 heavy (non-hydrogen) atoms. The Labute approximate surface area is 96.2 Å². The van der Waals surface area contributed by atoms with Crippen molar-refractivity contribution in [3.63, 3.8) is 0 Å². The Balaban J connectivity index is 2.20. The quantitative estimate of drug-likeness (QED) is 0.470. The first-order valence-electron chi connectivity index (χ1n) is 5.53. The maximum absolute atomic E-state index is 9.46. The summed E-state index contributed by atoms with van der Waals surface area (Å²) in [4.78, 5) is 4.22. The summed E-state index contributed by atoms with van der Waals surface area (Å²) in [6.07, 6.45) is 2.68. The zero-order valence-electron chi connectivity index (χ0n) is 9.39. The highest BCUT2D eigenvalue weighted by atomic mass is 16.3. The van der Waals surface area contributed by atoms with Crippen molar-refractivity contribution in [2.24, 2.45) is 10.7 Å². The predicted octanol–water partition coefficient (Wildman–Crippen LogP) is 0.750. The van der Waals surface area contributed by atoms with Crippen LogP contribution in [-0.4, -0.2) is 37.5 Å². The van der Waals surface area contributed by atoms with Crippen LogP contribution in [0.15, 0.2) is 29.3 Å². The molecule has 4 N–H and O–H groups in total. The molecule has 0 bridgehead atoms. The van der Waals surface area contributed by atoms with Crippen LogP contribution in [0.25, 0.3) is 0 Å². The van der Waals surface area contributed by atoms with Gasteiger partial charge in [-0.3, -0.25) is 4.99 Å². The summed E-state index contributed by atoms with van der Waals surface area (Å²) in [5.74, 6) is 0.266. The van der Waals surface area contributed by atoms with Gasteiger partial charge in [-0.1, -0.05) is 12.1 Å². The second-order valence-corrected chi connectivity index (χ2v) is 3.49. The van der Waals surface area contributed by atoms with Crippen LogP contribution in [0.2, 0.25) is 0 Å². The lowest BCUT2D eigenvalue weighted by Crippen LogP contribution is -2.21. The van der Waals surface area contributed by atoms with E-state index in [0.717, 1.165) is 25.1 Å². The molecule has 0 aliphatic rings. The van der Waals surface area contributed by atoms with Gasteiger partial charge in [-0.05, 0) is 31.6 Å². The van der Waals surface area contributed by atoms with Crippen molar-refractivity contribution in [3.8, 4) is 5.75 Å². The first-order valence-corrected chi connectivity index (χ1v) is 5.53. The molecule has 4 nitrogen and oxygen atoms in total. The first kappa shape index (κ1) is 12.7. The smallest absolute Gasteiger partial charge is 0.124 e. The fourth-order valence-electron chi connectivity index (χ4n) is 1.26. The maximum Gasteiger partial charge on any atom is 0.124 e. The van der Waals surface area contributed by atoms with Gasteiger partial charge in [0.25, 0.3) is 0 Å². The normalized spacial score (nSPS) is 11.1. The van der Waals surface area contributed by atoms with Crippen molar-refractivity contribution in [2.75, 3.05) is 26.2 Å². The third-order valence-electron chi connectivity index (χ3n) is 2.14. The SMILES string of the molecule is NCCCNCCN=Cc1ccccc1O. The molecule has 0 radical (unpaired) electrons. The molecule has 1 aromatic rings. The highest BCUT2D eigenvalue weighted by molar-refractivity contribution is 5.83. The van der Waals surface area contributed by atoms with Crippen LogP contribution < -0.4 is 11.1 Å². The summed E-state index contributed by atoms with van der Waals surface area (Å²) >= 11 is 0. The Hall–Kier alpha value is -1.39. The standard InChI is InChI=1S/C12H19N3O/c13-6-3-7-14-8-9-15-10-11-4-1-2-5-12(11)16/h1-2,4-5,10,14,16H,3,6-9,13H2. The number of nitrogens with one attached hydrogen (secondary N) is 1. The van der Waals surface area contributed by atoms with Gasteiger partial charge < -0.3 is 16.2 Å². The van der Waals surface area contributed by atoms with E-state index in [9.17, 15) is 5.11 Å². The van der Waals surface area contributed by atoms with Crippen LogP contribution in [0.3, 0.4) is 0 Å². The van der Waals surface area contributed by atoms with Crippen molar-refractivity contribution in [1.29, 1.82) is 0 Å². The van der Waals surface area contributed by atoms with Crippen molar-refractivity contribution >= 4 is 6.21 Å². The van der Waals surface area contributed by atoms with Crippen molar-refractivity contribution < 1.29 is 5.11 Å². The van der Waals surface area contributed by atoms with E-state index >= 15 is 0 Å². The van der Waals surface area contributed by atoms with E-state index in [2.05, 4.69) is 10.3 Å². The molecule has 0 heterocycles. The summed E-state index contributed by atoms with van der Waals surface area (Å²) in [6, 6.07) is 7.16. The Kier molecular flexibility index (Phi) is 6.22. The minimum absolute atomic E-state index is 0.266. The molecule has 0 fully saturated rings. The molecule has 1 aromatic carbocycles. The molecule has 0 unspecified atom stereocenters. The number of nitrogens with zero attached hydrogens (tertiary/aromatic N) is 1. The van der Waals surface area contributed by atoms with E-state index in [4.69, 9.17) is 5.73 Å². The lowest BCUT2D eigenvalue weighted by molar-refractivity contribution is 0.474. The van der Waals surface area contributed by atoms with Crippen molar-refractivity contribution in [1.82, 2.24) is 5.32 Å². The number of nitrogens with two attached hydrogens (primary N) is 1. The van der Waals surface area contributed by atoms with Crippen LogP contribution in [0, 0.1) is 0 Å². The largest absolute Gasteiger partial charge is 0.507 e. The molecule has 0 amide bonds. The molecule has 0 aromatic heterocycles. The molecular weight excluding hydrogens is 202 g/mol. The number of hydrogen-bond donors (Lipinski definition) is 3. The van der Waals surface area contributed by atoms with Gasteiger partial charge in [-0.2, -0.15) is 0 Å². The summed E-state index contributed by atoms with van der Waals surface area (Å²) in [6.45, 7) is 3.19. The molecule has 0 atom stereocenters. The molecule has 0 saturated heterocycles. The average Bonchev–Trinajstić information content (AvgIpc) is 2.30. The van der Waals surface area contributed by atoms with E-state index < -0.39 is 0 Å². The zero-order chi connectivity index (χ0) is 11.6. The Morgan fingerprint density at radius 2 is 2.12 bits per heavy atom. The second-order valence-electron chi connectivity index (χ2n) is 3.49. The number of aliphatic imine (C=N–C) groups is 1. The number of para-hydroxylation sites is 1. The number of phenolic OH excluding ortho intramolecular Hbond substituents is 1. The molecule has 0 aliphatic heterocycles. The van der Waals surface area contributed by atoms with Crippen LogP contribution in [0.5, 0.6) is 5.75 Å². The van der Waals surface area contributed by atoms with E-state index in [1.807, 2.05) is 12.1 Å². The van der Waals surface area contributed by atoms with Gasteiger partial charge in [0.1, 0.15) is 5.75 Å². The summed E-state index contributed by atoms with van der Waals surface area (Å²) in [7, 11) is 0. The highest BCUT2D eigenvalue weighted by Crippen LogP contribution is 2.12. The van der Waals surface area contributed by atoms with Gasteiger partial charge in [-0.15, -0.1) is 0 Å². The van der Waals surface area contributed by atoms with Gasteiger partial charge in [0.15, 0.2) is 0 Å². The van der Waals surface area contributed by atoms with Crippen LogP contribution in [0.4, 0.5) is 0 Å². The molecule has 4 heteroatoms. The van der Waals surface area contributed by atoms with Gasteiger partial charge in [0, 0.05) is 18.3 Å². The number of phenols is 1. The van der Waals surface area contributed by atoms with Gasteiger partial charge in [0.05, 0.1) is 6.54 Å². The summed E-state index contributed by atoms with van der Waals surface area (Å²) in [5, 5.41) is 12.7. The number of benzene rings is 1. The number of aromatic hydroxyl groups is 1. The maximum atomic E-state index is 9.46. The van der Waals surface area contributed by atoms with Gasteiger partial charge >= 0.3 is 0 Å². The molecule has 0 saturated carbocycles. The Morgan fingerprint density at radius 1 is 1.31 bits per heavy atom. The number of rotatable bonds is 7. The minimum atomic E-state index is 0.266. The van der Waals surface area contributed by atoms with Crippen molar-refractivity contribution in [2.45, 2.75) is 6.42 Å². The topological polar surface area (TPSA) is 70.6 Å². The lowest BCUT2D eigenvalue weighted by atomic mass is 10.2. The summed E-state index contributed by atoms with van der Waals surface area (Å²) in [5.41, 5.74) is 6.12. The van der Waals surface area contributed by atoms with Crippen molar-refractivity contribution in [3.05, 3.63) is 29.8 Å². The fourth-order valence-corrected chi connectivity index (χ4v) is 1.26.